The minimum absolute atomic E-state index is 0.740. The van der Waals surface area contributed by atoms with Crippen LogP contribution in [0.25, 0.3) is 10.8 Å². The highest BCUT2D eigenvalue weighted by molar-refractivity contribution is 6.38. The fraction of sp³-hybridized carbons (Fsp3) is 0.231. The lowest BCUT2D eigenvalue weighted by Gasteiger charge is -2.25. The fourth-order valence-electron chi connectivity index (χ4n) is 1.74. The van der Waals surface area contributed by atoms with Crippen LogP contribution >= 0.6 is 11.6 Å². The molecule has 15 heavy (non-hydrogen) atoms. The van der Waals surface area contributed by atoms with Gasteiger partial charge in [-0.05, 0) is 11.5 Å². The van der Waals surface area contributed by atoms with Crippen molar-refractivity contribution in [1.82, 2.24) is 4.48 Å². The number of hydrogen-bond acceptors (Lipinski definition) is 0. The molecule has 0 atom stereocenters. The highest BCUT2D eigenvalue weighted by atomic mass is 35.5. The predicted molar refractivity (Wildman–Crippen MR) is 68.5 cm³/mol. The van der Waals surface area contributed by atoms with Gasteiger partial charge in [0, 0.05) is 11.5 Å². The van der Waals surface area contributed by atoms with Crippen molar-refractivity contribution < 1.29 is 0 Å². The van der Waals surface area contributed by atoms with Gasteiger partial charge in [-0.3, -0.25) is 4.48 Å². The summed E-state index contributed by atoms with van der Waals surface area (Å²) in [6, 6.07) is 12.4. The average molecular weight is 221 g/mol. The zero-order chi connectivity index (χ0) is 11.1. The molecule has 0 N–H and O–H groups in total. The minimum atomic E-state index is 0.740. The number of quaternary nitrogens is 1. The van der Waals surface area contributed by atoms with E-state index in [9.17, 15) is 0 Å². The first-order chi connectivity index (χ1) is 7.00. The van der Waals surface area contributed by atoms with E-state index < -0.39 is 0 Å². The first-order valence-corrected chi connectivity index (χ1v) is 5.37. The maximum absolute atomic E-state index is 6.41. The van der Waals surface area contributed by atoms with Crippen molar-refractivity contribution in [2.24, 2.45) is 0 Å². The molecule has 0 aromatic heterocycles. The number of rotatable bonds is 1. The van der Waals surface area contributed by atoms with Crippen molar-refractivity contribution in [2.45, 2.75) is 0 Å². The van der Waals surface area contributed by atoms with Gasteiger partial charge in [0.15, 0.2) is 5.69 Å². The number of halogens is 1. The molecule has 0 aliphatic rings. The second-order valence-electron chi connectivity index (χ2n) is 4.63. The number of hydrogen-bond donors (Lipinski definition) is 0. The van der Waals surface area contributed by atoms with Crippen molar-refractivity contribution >= 4 is 28.1 Å². The van der Waals surface area contributed by atoms with Crippen LogP contribution in [0.1, 0.15) is 0 Å². The lowest BCUT2D eigenvalue weighted by molar-refractivity contribution is 0.487. The summed E-state index contributed by atoms with van der Waals surface area (Å²) in [6.45, 7) is 0. The van der Waals surface area contributed by atoms with E-state index in [1.54, 1.807) is 0 Å². The zero-order valence-corrected chi connectivity index (χ0v) is 10.0. The molecule has 0 amide bonds. The molecule has 0 heterocycles. The number of fused-ring (bicyclic) bond motifs is 1. The van der Waals surface area contributed by atoms with Crippen LogP contribution in [0.5, 0.6) is 0 Å². The van der Waals surface area contributed by atoms with Crippen molar-refractivity contribution in [3.05, 3.63) is 41.4 Å². The Morgan fingerprint density at radius 1 is 0.933 bits per heavy atom. The van der Waals surface area contributed by atoms with E-state index >= 15 is 0 Å². The maximum Gasteiger partial charge on any atom is 0.151 e. The van der Waals surface area contributed by atoms with Gasteiger partial charge in [-0.2, -0.15) is 0 Å². The first-order valence-electron chi connectivity index (χ1n) is 4.99. The van der Waals surface area contributed by atoms with Gasteiger partial charge in [0.25, 0.3) is 0 Å². The number of benzene rings is 2. The number of nitrogens with zero attached hydrogens (tertiary/aromatic N) is 1. The Bertz CT molecular complexity index is 497. The van der Waals surface area contributed by atoms with Crippen molar-refractivity contribution in [1.29, 1.82) is 0 Å². The van der Waals surface area contributed by atoms with Crippen molar-refractivity contribution in [2.75, 3.05) is 21.1 Å². The molecule has 2 heteroatoms. The standard InChI is InChI=1S/C13H15ClN/c1-15(2,3)12-9-8-10-6-4-5-7-11(10)13(12)14/h4-9H,1-3H3/q+1. The van der Waals surface area contributed by atoms with E-state index in [1.807, 2.05) is 12.1 Å². The molecule has 2 aromatic rings. The summed E-state index contributed by atoms with van der Waals surface area (Å²) in [6.07, 6.45) is 0. The third-order valence-corrected chi connectivity index (χ3v) is 2.96. The summed E-state index contributed by atoms with van der Waals surface area (Å²) in [5.74, 6) is 0. The van der Waals surface area contributed by atoms with Gasteiger partial charge in [0.1, 0.15) is 5.02 Å². The van der Waals surface area contributed by atoms with Crippen molar-refractivity contribution in [3.8, 4) is 0 Å². The minimum Gasteiger partial charge on any atom is -0.297 e. The topological polar surface area (TPSA) is 0 Å². The van der Waals surface area contributed by atoms with Crippen LogP contribution in [0.3, 0.4) is 0 Å². The highest BCUT2D eigenvalue weighted by Gasteiger charge is 2.17. The lowest BCUT2D eigenvalue weighted by Crippen LogP contribution is -2.35. The highest BCUT2D eigenvalue weighted by Crippen LogP contribution is 2.34. The van der Waals surface area contributed by atoms with Gasteiger partial charge in [0.2, 0.25) is 0 Å². The molecule has 0 radical (unpaired) electrons. The van der Waals surface area contributed by atoms with Crippen LogP contribution < -0.4 is 4.48 Å². The van der Waals surface area contributed by atoms with Gasteiger partial charge in [-0.15, -0.1) is 0 Å². The summed E-state index contributed by atoms with van der Waals surface area (Å²) in [5.41, 5.74) is 1.15. The van der Waals surface area contributed by atoms with E-state index in [4.69, 9.17) is 11.6 Å². The monoisotopic (exact) mass is 220 g/mol. The molecule has 0 saturated heterocycles. The van der Waals surface area contributed by atoms with Gasteiger partial charge in [-0.1, -0.05) is 35.9 Å². The Morgan fingerprint density at radius 2 is 1.60 bits per heavy atom. The van der Waals surface area contributed by atoms with E-state index in [0.29, 0.717) is 0 Å². The molecule has 78 valence electrons. The average Bonchev–Trinajstić information content (AvgIpc) is 2.16. The Balaban J connectivity index is 2.76. The van der Waals surface area contributed by atoms with E-state index in [2.05, 4.69) is 45.4 Å². The van der Waals surface area contributed by atoms with E-state index in [1.165, 1.54) is 5.39 Å². The van der Waals surface area contributed by atoms with Crippen LogP contribution in [-0.4, -0.2) is 21.1 Å². The Labute approximate surface area is 95.5 Å². The van der Waals surface area contributed by atoms with Crippen molar-refractivity contribution in [3.63, 3.8) is 0 Å². The molecule has 0 fully saturated rings. The van der Waals surface area contributed by atoms with Gasteiger partial charge < -0.3 is 0 Å². The molecule has 0 spiro atoms. The van der Waals surface area contributed by atoms with E-state index in [0.717, 1.165) is 20.6 Å². The first kappa shape index (κ1) is 10.5. The second-order valence-corrected chi connectivity index (χ2v) is 5.01. The molecule has 0 unspecified atom stereocenters. The third kappa shape index (κ3) is 1.85. The molecule has 0 bridgehead atoms. The van der Waals surface area contributed by atoms with Crippen LogP contribution in [0.15, 0.2) is 36.4 Å². The molecule has 1 nitrogen and oxygen atoms in total. The normalized spacial score (nSPS) is 12.0. The largest absolute Gasteiger partial charge is 0.297 e. The molecule has 0 aliphatic carbocycles. The molecule has 0 saturated carbocycles. The predicted octanol–water partition coefficient (Wildman–Crippen LogP) is 3.69. The Kier molecular flexibility index (Phi) is 2.45. The summed E-state index contributed by atoms with van der Waals surface area (Å²) < 4.78 is 0.740. The van der Waals surface area contributed by atoms with Gasteiger partial charge in [-0.25, -0.2) is 0 Å². The smallest absolute Gasteiger partial charge is 0.151 e. The van der Waals surface area contributed by atoms with Crippen LogP contribution in [-0.2, 0) is 0 Å². The molecule has 2 rings (SSSR count). The molecular weight excluding hydrogens is 206 g/mol. The van der Waals surface area contributed by atoms with Crippen LogP contribution in [0.2, 0.25) is 5.02 Å². The van der Waals surface area contributed by atoms with Crippen LogP contribution in [0.4, 0.5) is 5.69 Å². The summed E-state index contributed by atoms with van der Waals surface area (Å²) in [5, 5.41) is 3.19. The molecular formula is C13H15ClN+. The Hall–Kier alpha value is -1.05. The van der Waals surface area contributed by atoms with Gasteiger partial charge >= 0.3 is 0 Å². The maximum atomic E-state index is 6.41. The summed E-state index contributed by atoms with van der Waals surface area (Å²) in [7, 11) is 6.36. The molecule has 2 aromatic carbocycles. The Morgan fingerprint density at radius 3 is 2.27 bits per heavy atom. The SMILES string of the molecule is C[N+](C)(C)c1ccc2ccccc2c1Cl. The second kappa shape index (κ2) is 3.51. The third-order valence-electron chi connectivity index (χ3n) is 2.57. The van der Waals surface area contributed by atoms with Gasteiger partial charge in [0.05, 0.1) is 21.1 Å². The summed E-state index contributed by atoms with van der Waals surface area (Å²) in [4.78, 5) is 0. The zero-order valence-electron chi connectivity index (χ0n) is 9.29. The fourth-order valence-corrected chi connectivity index (χ4v) is 2.23. The van der Waals surface area contributed by atoms with E-state index in [-0.39, 0.29) is 0 Å². The molecule has 0 aliphatic heterocycles. The van der Waals surface area contributed by atoms with Crippen LogP contribution in [0, 0.1) is 0 Å². The summed E-state index contributed by atoms with van der Waals surface area (Å²) >= 11 is 6.41. The quantitative estimate of drug-likeness (QED) is 0.643. The lowest BCUT2D eigenvalue weighted by atomic mass is 10.1.